The van der Waals surface area contributed by atoms with Crippen molar-refractivity contribution in [3.05, 3.63) is 0 Å². The second-order valence-electron chi connectivity index (χ2n) is 6.55. The molecule has 2 heterocycles. The molecule has 2 aliphatic rings. The third kappa shape index (κ3) is 9.47. The van der Waals surface area contributed by atoms with Crippen LogP contribution in [-0.4, -0.2) is 92.8 Å². The minimum atomic E-state index is -3.56. The molecule has 3 N–H and O–H groups in total. The highest BCUT2D eigenvalue weighted by atomic mass is 32.2. The summed E-state index contributed by atoms with van der Waals surface area (Å²) in [5.41, 5.74) is 0. The number of carboxylic acids is 1. The van der Waals surface area contributed by atoms with Gasteiger partial charge in [0.2, 0.25) is 0 Å². The summed E-state index contributed by atoms with van der Waals surface area (Å²) in [6.07, 6.45) is 3.95. The number of nitrogens with one attached hydrogen (secondary N) is 1. The molecule has 2 fully saturated rings. The first-order valence-electron chi connectivity index (χ1n) is 9.26. The largest absolute Gasteiger partial charge is 0.483 e. The third-order valence-corrected chi connectivity index (χ3v) is 6.19. The zero-order valence-corrected chi connectivity index (χ0v) is 16.4. The maximum absolute atomic E-state index is 12.2. The van der Waals surface area contributed by atoms with Crippen molar-refractivity contribution < 1.29 is 33.0 Å². The van der Waals surface area contributed by atoms with Crippen LogP contribution in [-0.2, 0) is 24.5 Å². The molecule has 2 aliphatic heterocycles. The maximum atomic E-state index is 12.2. The molecule has 11 heteroatoms. The molecule has 0 aromatic carbocycles. The van der Waals surface area contributed by atoms with E-state index in [0.29, 0.717) is 25.9 Å². The fraction of sp³-hybridized carbons (Fsp3) is 0.875. The predicted molar refractivity (Wildman–Crippen MR) is 98.7 cm³/mol. The van der Waals surface area contributed by atoms with Crippen molar-refractivity contribution in [1.29, 1.82) is 0 Å². The lowest BCUT2D eigenvalue weighted by Crippen LogP contribution is -2.47. The number of piperidine rings is 1. The second kappa shape index (κ2) is 13.0. The van der Waals surface area contributed by atoms with E-state index in [1.807, 2.05) is 0 Å². The molecule has 10 nitrogen and oxygen atoms in total. The van der Waals surface area contributed by atoms with Gasteiger partial charge in [-0.1, -0.05) is 6.42 Å². The molecule has 2 saturated heterocycles. The van der Waals surface area contributed by atoms with Gasteiger partial charge in [-0.3, -0.25) is 14.5 Å². The SMILES string of the molecule is O=C(O)C1CCCN(S(=O)(=O)NCCCCCN2CCOCC2)C1.O=CO. The fourth-order valence-corrected chi connectivity index (χ4v) is 4.45. The molecule has 0 aromatic rings. The van der Waals surface area contributed by atoms with Gasteiger partial charge in [0.25, 0.3) is 16.7 Å². The highest BCUT2D eigenvalue weighted by Gasteiger charge is 2.31. The van der Waals surface area contributed by atoms with Crippen molar-refractivity contribution in [3.63, 3.8) is 0 Å². The Bertz CT molecular complexity index is 538. The number of carboxylic acid groups (broad SMARTS) is 2. The van der Waals surface area contributed by atoms with Gasteiger partial charge in [-0.2, -0.15) is 12.7 Å². The van der Waals surface area contributed by atoms with Crippen LogP contribution in [0.2, 0.25) is 0 Å². The maximum Gasteiger partial charge on any atom is 0.307 e. The van der Waals surface area contributed by atoms with E-state index in [1.165, 1.54) is 4.31 Å². The Hall–Kier alpha value is -1.27. The number of unbranched alkanes of at least 4 members (excludes halogenated alkanes) is 2. The smallest absolute Gasteiger partial charge is 0.307 e. The van der Waals surface area contributed by atoms with Crippen LogP contribution in [0.3, 0.4) is 0 Å². The molecule has 27 heavy (non-hydrogen) atoms. The van der Waals surface area contributed by atoms with E-state index >= 15 is 0 Å². The van der Waals surface area contributed by atoms with Crippen molar-refractivity contribution in [2.24, 2.45) is 5.92 Å². The number of carbonyl (C=O) groups is 2. The van der Waals surface area contributed by atoms with Gasteiger partial charge in [0.15, 0.2) is 0 Å². The monoisotopic (exact) mass is 409 g/mol. The lowest BCUT2D eigenvalue weighted by molar-refractivity contribution is -0.142. The third-order valence-electron chi connectivity index (χ3n) is 4.61. The highest BCUT2D eigenvalue weighted by molar-refractivity contribution is 7.87. The molecule has 0 spiro atoms. The van der Waals surface area contributed by atoms with E-state index in [2.05, 4.69) is 9.62 Å². The molecule has 0 aromatic heterocycles. The van der Waals surface area contributed by atoms with E-state index < -0.39 is 22.1 Å². The van der Waals surface area contributed by atoms with Crippen molar-refractivity contribution >= 4 is 22.7 Å². The Morgan fingerprint density at radius 1 is 1.19 bits per heavy atom. The highest BCUT2D eigenvalue weighted by Crippen LogP contribution is 2.18. The summed E-state index contributed by atoms with van der Waals surface area (Å²) in [4.78, 5) is 21.8. The standard InChI is InChI=1S/C15H29N3O5S.CH2O2/c19-15(20)14-5-4-8-18(13-14)24(21,22)16-6-2-1-3-7-17-9-11-23-12-10-17;2-1-3/h14,16H,1-13H2,(H,19,20);1H,(H,2,3). The van der Waals surface area contributed by atoms with Gasteiger partial charge in [-0.25, -0.2) is 4.72 Å². The van der Waals surface area contributed by atoms with Crippen LogP contribution >= 0.6 is 0 Å². The summed E-state index contributed by atoms with van der Waals surface area (Å²) in [7, 11) is -3.56. The Balaban J connectivity index is 0.00000114. The first-order chi connectivity index (χ1) is 12.9. The number of ether oxygens (including phenoxy) is 1. The van der Waals surface area contributed by atoms with E-state index in [9.17, 15) is 13.2 Å². The van der Waals surface area contributed by atoms with Crippen LogP contribution in [0.4, 0.5) is 0 Å². The average molecular weight is 410 g/mol. The van der Waals surface area contributed by atoms with E-state index in [1.54, 1.807) is 0 Å². The van der Waals surface area contributed by atoms with Gasteiger partial charge in [-0.15, -0.1) is 0 Å². The number of rotatable bonds is 9. The number of aliphatic carboxylic acids is 1. The molecule has 0 amide bonds. The summed E-state index contributed by atoms with van der Waals surface area (Å²) in [5.74, 6) is -1.51. The molecule has 158 valence electrons. The summed E-state index contributed by atoms with van der Waals surface area (Å²) >= 11 is 0. The summed E-state index contributed by atoms with van der Waals surface area (Å²) < 4.78 is 33.6. The quantitative estimate of drug-likeness (QED) is 0.352. The molecule has 0 saturated carbocycles. The van der Waals surface area contributed by atoms with Crippen LogP contribution in [0.1, 0.15) is 32.1 Å². The average Bonchev–Trinajstić information content (AvgIpc) is 2.66. The first-order valence-corrected chi connectivity index (χ1v) is 10.7. The van der Waals surface area contributed by atoms with Crippen molar-refractivity contribution in [1.82, 2.24) is 13.9 Å². The number of hydrogen-bond acceptors (Lipinski definition) is 6. The second-order valence-corrected chi connectivity index (χ2v) is 8.31. The van der Waals surface area contributed by atoms with Gasteiger partial charge in [0, 0.05) is 32.7 Å². The van der Waals surface area contributed by atoms with Gasteiger partial charge in [-0.05, 0) is 32.2 Å². The Kier molecular flexibility index (Phi) is 11.4. The molecule has 1 atom stereocenters. The number of morpholine rings is 1. The van der Waals surface area contributed by atoms with E-state index in [-0.39, 0.29) is 13.0 Å². The minimum absolute atomic E-state index is 0.0711. The molecular weight excluding hydrogens is 378 g/mol. The van der Waals surface area contributed by atoms with Crippen LogP contribution in [0.25, 0.3) is 0 Å². The van der Waals surface area contributed by atoms with Crippen molar-refractivity contribution in [2.75, 3.05) is 52.5 Å². The number of nitrogens with zero attached hydrogens (tertiary/aromatic N) is 2. The summed E-state index contributed by atoms with van der Waals surface area (Å²) in [6, 6.07) is 0. The van der Waals surface area contributed by atoms with E-state index in [0.717, 1.165) is 52.1 Å². The minimum Gasteiger partial charge on any atom is -0.483 e. The predicted octanol–water partition coefficient (Wildman–Crippen LogP) is -0.179. The van der Waals surface area contributed by atoms with Gasteiger partial charge >= 0.3 is 5.97 Å². The van der Waals surface area contributed by atoms with Crippen molar-refractivity contribution in [3.8, 4) is 0 Å². The number of hydrogen-bond donors (Lipinski definition) is 3. The summed E-state index contributed by atoms with van der Waals surface area (Å²) in [6.45, 7) is 5.21. The molecule has 0 bridgehead atoms. The molecule has 0 aliphatic carbocycles. The topological polar surface area (TPSA) is 136 Å². The summed E-state index contributed by atoms with van der Waals surface area (Å²) in [5, 5.41) is 15.9. The Morgan fingerprint density at radius 2 is 1.85 bits per heavy atom. The van der Waals surface area contributed by atoms with Gasteiger partial charge in [0.05, 0.1) is 19.1 Å². The molecule has 0 radical (unpaired) electrons. The van der Waals surface area contributed by atoms with Crippen molar-refractivity contribution in [2.45, 2.75) is 32.1 Å². The first kappa shape index (κ1) is 23.8. The molecule has 2 rings (SSSR count). The zero-order chi connectivity index (χ0) is 20.1. The molecular formula is C16H31N3O7S. The van der Waals surface area contributed by atoms with Crippen LogP contribution in [0.15, 0.2) is 0 Å². The zero-order valence-electron chi connectivity index (χ0n) is 15.6. The lowest BCUT2D eigenvalue weighted by Gasteiger charge is -2.29. The normalized spacial score (nSPS) is 21.9. The Labute approximate surface area is 160 Å². The van der Waals surface area contributed by atoms with Crippen LogP contribution in [0.5, 0.6) is 0 Å². The van der Waals surface area contributed by atoms with Crippen LogP contribution in [0, 0.1) is 5.92 Å². The van der Waals surface area contributed by atoms with Gasteiger partial charge < -0.3 is 14.9 Å². The van der Waals surface area contributed by atoms with E-state index in [4.69, 9.17) is 19.7 Å². The van der Waals surface area contributed by atoms with Crippen LogP contribution < -0.4 is 4.72 Å². The Morgan fingerprint density at radius 3 is 2.48 bits per heavy atom. The fourth-order valence-electron chi connectivity index (χ4n) is 3.12. The van der Waals surface area contributed by atoms with Gasteiger partial charge in [0.1, 0.15) is 0 Å². The molecule has 1 unspecified atom stereocenters. The lowest BCUT2D eigenvalue weighted by atomic mass is 10.0.